The Kier molecular flexibility index (Phi) is 7.80. The smallest absolute Gasteiger partial charge is 0.305 e. The van der Waals surface area contributed by atoms with Gasteiger partial charge >= 0.3 is 5.97 Å². The van der Waals surface area contributed by atoms with Crippen LogP contribution in [0.3, 0.4) is 0 Å². The fourth-order valence-corrected chi connectivity index (χ4v) is 1.16. The van der Waals surface area contributed by atoms with Crippen LogP contribution in [0.5, 0.6) is 0 Å². The largest absolute Gasteiger partial charge is 0.469 e. The Morgan fingerprint density at radius 3 is 2.50 bits per heavy atom. The van der Waals surface area contributed by atoms with Gasteiger partial charge in [0.2, 0.25) is 0 Å². The molecule has 94 valence electrons. The Morgan fingerprint density at radius 2 is 2.00 bits per heavy atom. The summed E-state index contributed by atoms with van der Waals surface area (Å²) in [5, 5.41) is 27.8. The molecule has 0 unspecified atom stereocenters. The molecule has 0 heterocycles. The third kappa shape index (κ3) is 7.39. The summed E-state index contributed by atoms with van der Waals surface area (Å²) in [6.45, 7) is 1.54. The number of rotatable bonds is 7. The zero-order valence-electron chi connectivity index (χ0n) is 9.67. The normalized spacial score (nSPS) is 17.1. The van der Waals surface area contributed by atoms with Crippen molar-refractivity contribution in [1.29, 1.82) is 0 Å². The summed E-state index contributed by atoms with van der Waals surface area (Å²) in [5.41, 5.74) is 0. The first-order valence-corrected chi connectivity index (χ1v) is 5.25. The first-order chi connectivity index (χ1) is 7.47. The number of esters is 1. The number of carbonyl (C=O) groups is 1. The van der Waals surface area contributed by atoms with Gasteiger partial charge in [-0.3, -0.25) is 4.79 Å². The molecule has 3 atom stereocenters. The second-order valence-electron chi connectivity index (χ2n) is 3.69. The van der Waals surface area contributed by atoms with Gasteiger partial charge in [-0.25, -0.2) is 0 Å². The minimum Gasteiger partial charge on any atom is -0.469 e. The fourth-order valence-electron chi connectivity index (χ4n) is 1.16. The molecule has 16 heavy (non-hydrogen) atoms. The molecule has 0 aromatic rings. The molecule has 0 aliphatic heterocycles. The molecule has 0 radical (unpaired) electrons. The number of aliphatic hydroxyl groups is 3. The zero-order valence-corrected chi connectivity index (χ0v) is 9.67. The predicted molar refractivity (Wildman–Crippen MR) is 58.7 cm³/mol. The summed E-state index contributed by atoms with van der Waals surface area (Å²) in [5.74, 6) is -0.316. The average Bonchev–Trinajstić information content (AvgIpc) is 2.22. The first-order valence-electron chi connectivity index (χ1n) is 5.25. The lowest BCUT2D eigenvalue weighted by atomic mass is 10.1. The van der Waals surface area contributed by atoms with Gasteiger partial charge in [-0.2, -0.15) is 0 Å². The van der Waals surface area contributed by atoms with Gasteiger partial charge in [0.05, 0.1) is 25.4 Å². The van der Waals surface area contributed by atoms with Crippen LogP contribution in [0.4, 0.5) is 0 Å². The van der Waals surface area contributed by atoms with Crippen LogP contribution < -0.4 is 0 Å². The summed E-state index contributed by atoms with van der Waals surface area (Å²) >= 11 is 0. The van der Waals surface area contributed by atoms with Crippen molar-refractivity contribution in [3.8, 4) is 0 Å². The van der Waals surface area contributed by atoms with E-state index in [4.69, 9.17) is 5.11 Å². The maximum Gasteiger partial charge on any atom is 0.305 e. The van der Waals surface area contributed by atoms with Crippen molar-refractivity contribution < 1.29 is 24.9 Å². The molecular formula is C11H20O5. The molecule has 0 spiro atoms. The van der Waals surface area contributed by atoms with Gasteiger partial charge in [0.1, 0.15) is 0 Å². The Labute approximate surface area is 95.4 Å². The molecule has 3 N–H and O–H groups in total. The highest BCUT2D eigenvalue weighted by molar-refractivity contribution is 5.69. The first kappa shape index (κ1) is 15.1. The Hall–Kier alpha value is -0.910. The predicted octanol–water partition coefficient (Wildman–Crippen LogP) is -0.0115. The summed E-state index contributed by atoms with van der Waals surface area (Å²) in [4.78, 5) is 10.7. The number of aliphatic hydroxyl groups excluding tert-OH is 3. The minimum atomic E-state index is -1.02. The molecule has 0 aromatic carbocycles. The second-order valence-corrected chi connectivity index (χ2v) is 3.69. The number of hydrogen-bond acceptors (Lipinski definition) is 5. The van der Waals surface area contributed by atoms with E-state index in [1.54, 1.807) is 6.08 Å². The lowest BCUT2D eigenvalue weighted by Gasteiger charge is -2.15. The van der Waals surface area contributed by atoms with Crippen LogP contribution in [0, 0.1) is 0 Å². The quantitative estimate of drug-likeness (QED) is 0.424. The van der Waals surface area contributed by atoms with Crippen LogP contribution in [-0.4, -0.2) is 46.7 Å². The van der Waals surface area contributed by atoms with Crippen molar-refractivity contribution in [2.75, 3.05) is 7.11 Å². The van der Waals surface area contributed by atoms with E-state index >= 15 is 0 Å². The third-order valence-electron chi connectivity index (χ3n) is 2.05. The van der Waals surface area contributed by atoms with Crippen LogP contribution in [0.1, 0.15) is 26.2 Å². The molecule has 0 aliphatic rings. The van der Waals surface area contributed by atoms with E-state index in [1.807, 2.05) is 0 Å². The SMILES string of the molecule is COC(=O)CC/C=C/[C@H](O)[C@H](O)C[C@H](C)O. The van der Waals surface area contributed by atoms with Gasteiger partial charge in [0.25, 0.3) is 0 Å². The molecule has 0 aliphatic carbocycles. The number of carbonyl (C=O) groups excluding carboxylic acids is 1. The van der Waals surface area contributed by atoms with Gasteiger partial charge in [-0.15, -0.1) is 0 Å². The standard InChI is InChI=1S/C11H20O5/c1-8(12)7-10(14)9(13)5-3-4-6-11(15)16-2/h3,5,8-10,12-14H,4,6-7H2,1-2H3/b5-3+/t8-,9-,10+/m0/s1. The Morgan fingerprint density at radius 1 is 1.38 bits per heavy atom. The highest BCUT2D eigenvalue weighted by Gasteiger charge is 2.15. The van der Waals surface area contributed by atoms with Crippen LogP contribution in [0.15, 0.2) is 12.2 Å². The molecule has 0 bridgehead atoms. The van der Waals surface area contributed by atoms with Crippen LogP contribution in [0.2, 0.25) is 0 Å². The molecule has 0 rings (SSSR count). The molecule has 0 amide bonds. The van der Waals surface area contributed by atoms with Gasteiger partial charge in [0.15, 0.2) is 0 Å². The average molecular weight is 232 g/mol. The van der Waals surface area contributed by atoms with Crippen LogP contribution in [0.25, 0.3) is 0 Å². The fraction of sp³-hybridized carbons (Fsp3) is 0.727. The maximum absolute atomic E-state index is 10.7. The molecule has 0 saturated carbocycles. The van der Waals surface area contributed by atoms with Crippen LogP contribution >= 0.6 is 0 Å². The van der Waals surface area contributed by atoms with Gasteiger partial charge < -0.3 is 20.1 Å². The lowest BCUT2D eigenvalue weighted by molar-refractivity contribution is -0.140. The van der Waals surface area contributed by atoms with Crippen molar-refractivity contribution >= 4 is 5.97 Å². The Bertz CT molecular complexity index is 224. The van der Waals surface area contributed by atoms with E-state index in [0.717, 1.165) is 0 Å². The highest BCUT2D eigenvalue weighted by atomic mass is 16.5. The second kappa shape index (κ2) is 8.27. The van der Waals surface area contributed by atoms with E-state index in [0.29, 0.717) is 6.42 Å². The lowest BCUT2D eigenvalue weighted by Crippen LogP contribution is -2.27. The van der Waals surface area contributed by atoms with Crippen molar-refractivity contribution in [3.05, 3.63) is 12.2 Å². The van der Waals surface area contributed by atoms with E-state index < -0.39 is 18.3 Å². The summed E-state index contributed by atoms with van der Waals surface area (Å²) in [6.07, 6.45) is 1.15. The minimum absolute atomic E-state index is 0.114. The van der Waals surface area contributed by atoms with Crippen molar-refractivity contribution in [2.45, 2.75) is 44.5 Å². The number of ether oxygens (including phenoxy) is 1. The number of allylic oxidation sites excluding steroid dienone is 1. The summed E-state index contributed by atoms with van der Waals surface area (Å²) in [6, 6.07) is 0. The number of hydrogen-bond donors (Lipinski definition) is 3. The maximum atomic E-state index is 10.7. The number of methoxy groups -OCH3 is 1. The van der Waals surface area contributed by atoms with E-state index in [-0.39, 0.29) is 18.8 Å². The monoisotopic (exact) mass is 232 g/mol. The third-order valence-corrected chi connectivity index (χ3v) is 2.05. The van der Waals surface area contributed by atoms with Gasteiger partial charge in [0, 0.05) is 12.8 Å². The summed E-state index contributed by atoms with van der Waals surface area (Å²) < 4.78 is 4.44. The molecular weight excluding hydrogens is 212 g/mol. The van der Waals surface area contributed by atoms with Crippen LogP contribution in [-0.2, 0) is 9.53 Å². The van der Waals surface area contributed by atoms with E-state index in [9.17, 15) is 15.0 Å². The molecule has 5 nitrogen and oxygen atoms in total. The topological polar surface area (TPSA) is 87.0 Å². The molecule has 5 heteroatoms. The van der Waals surface area contributed by atoms with E-state index in [2.05, 4.69) is 4.74 Å². The zero-order chi connectivity index (χ0) is 12.6. The highest BCUT2D eigenvalue weighted by Crippen LogP contribution is 2.05. The van der Waals surface area contributed by atoms with Crippen molar-refractivity contribution in [2.24, 2.45) is 0 Å². The Balaban J connectivity index is 3.81. The van der Waals surface area contributed by atoms with Gasteiger partial charge in [-0.1, -0.05) is 12.2 Å². The van der Waals surface area contributed by atoms with Crippen molar-refractivity contribution in [1.82, 2.24) is 0 Å². The summed E-state index contributed by atoms with van der Waals surface area (Å²) in [7, 11) is 1.31. The van der Waals surface area contributed by atoms with Crippen molar-refractivity contribution in [3.63, 3.8) is 0 Å². The van der Waals surface area contributed by atoms with E-state index in [1.165, 1.54) is 20.1 Å². The molecule has 0 saturated heterocycles. The molecule has 0 aromatic heterocycles. The van der Waals surface area contributed by atoms with Gasteiger partial charge in [-0.05, 0) is 13.3 Å². The molecule has 0 fully saturated rings.